The first-order valence-electron chi connectivity index (χ1n) is 4.57. The van der Waals surface area contributed by atoms with E-state index in [-0.39, 0.29) is 5.91 Å². The molecule has 0 spiro atoms. The fourth-order valence-corrected chi connectivity index (χ4v) is 2.44. The van der Waals surface area contributed by atoms with Crippen molar-refractivity contribution in [1.29, 1.82) is 0 Å². The molecule has 0 aliphatic heterocycles. The van der Waals surface area contributed by atoms with Crippen molar-refractivity contribution in [1.82, 2.24) is 0 Å². The van der Waals surface area contributed by atoms with Gasteiger partial charge in [0, 0.05) is 10.5 Å². The van der Waals surface area contributed by atoms with Gasteiger partial charge in [-0.15, -0.1) is 0 Å². The molecule has 0 heterocycles. The van der Waals surface area contributed by atoms with E-state index in [1.807, 2.05) is 12.1 Å². The number of carbonyl (C=O) groups excluding carboxylic acids is 1. The minimum atomic E-state index is -2.32. The molecular formula is C10H11INO3S-. The van der Waals surface area contributed by atoms with Crippen molar-refractivity contribution < 1.29 is 13.6 Å². The number of para-hydroxylation sites is 1. The predicted molar refractivity (Wildman–Crippen MR) is 70.7 cm³/mol. The molecule has 0 N–H and O–H groups in total. The fourth-order valence-electron chi connectivity index (χ4n) is 1.35. The maximum absolute atomic E-state index is 11.5. The molecule has 0 aliphatic carbocycles. The number of carbonyl (C=O) groups is 1. The van der Waals surface area contributed by atoms with E-state index in [9.17, 15) is 13.6 Å². The summed E-state index contributed by atoms with van der Waals surface area (Å²) >= 11 is -0.247. The van der Waals surface area contributed by atoms with Crippen LogP contribution in [0.15, 0.2) is 24.3 Å². The van der Waals surface area contributed by atoms with Crippen molar-refractivity contribution in [2.45, 2.75) is 19.2 Å². The van der Waals surface area contributed by atoms with Crippen molar-refractivity contribution in [2.24, 2.45) is 0 Å². The Balaban J connectivity index is 3.18. The lowest BCUT2D eigenvalue weighted by Gasteiger charge is -2.30. The Morgan fingerprint density at radius 1 is 1.50 bits per heavy atom. The molecule has 0 fully saturated rings. The third-order valence-corrected chi connectivity index (χ3v) is 3.77. The Kier molecular flexibility index (Phi) is 4.88. The molecule has 0 saturated carbocycles. The lowest BCUT2D eigenvalue weighted by molar-refractivity contribution is -0.116. The molecule has 0 bridgehead atoms. The fraction of sp³-hybridized carbons (Fsp3) is 0.300. The van der Waals surface area contributed by atoms with Crippen molar-refractivity contribution in [3.63, 3.8) is 0 Å². The van der Waals surface area contributed by atoms with E-state index in [1.54, 1.807) is 12.1 Å². The minimum Gasteiger partial charge on any atom is -0.771 e. The number of halogens is 1. The largest absolute Gasteiger partial charge is 0.771 e. The summed E-state index contributed by atoms with van der Waals surface area (Å²) in [5.74, 6) is -0.291. The van der Waals surface area contributed by atoms with Crippen molar-refractivity contribution >= 4 is 45.3 Å². The molecule has 0 saturated heterocycles. The number of nitrogens with zero attached hydrogens (tertiary/aromatic N) is 1. The first-order valence-corrected chi connectivity index (χ1v) is 6.79. The summed E-state index contributed by atoms with van der Waals surface area (Å²) in [6, 6.07) is 7.16. The topological polar surface area (TPSA) is 60.4 Å². The maximum atomic E-state index is 11.5. The zero-order chi connectivity index (χ0) is 12.3. The lowest BCUT2D eigenvalue weighted by Crippen LogP contribution is -2.40. The number of benzene rings is 1. The second-order valence-corrected chi connectivity index (χ2v) is 5.57. The molecule has 0 radical (unpaired) electrons. The quantitative estimate of drug-likeness (QED) is 0.616. The number of hydrogen-bond acceptors (Lipinski definition) is 3. The van der Waals surface area contributed by atoms with Crippen LogP contribution in [0.2, 0.25) is 0 Å². The SMILES string of the molecule is CC(=O)N(c1ccccc1I)C(C)S(=O)[O-]. The van der Waals surface area contributed by atoms with Crippen LogP contribution in [0.4, 0.5) is 5.69 Å². The van der Waals surface area contributed by atoms with Crippen LogP contribution in [-0.4, -0.2) is 20.0 Å². The van der Waals surface area contributed by atoms with Gasteiger partial charge in [0.2, 0.25) is 5.91 Å². The van der Waals surface area contributed by atoms with Crippen LogP contribution >= 0.6 is 22.6 Å². The second kappa shape index (κ2) is 5.74. The van der Waals surface area contributed by atoms with Gasteiger partial charge in [-0.1, -0.05) is 12.1 Å². The van der Waals surface area contributed by atoms with Gasteiger partial charge in [0.25, 0.3) is 0 Å². The van der Waals surface area contributed by atoms with Gasteiger partial charge < -0.3 is 4.55 Å². The van der Waals surface area contributed by atoms with Crippen LogP contribution in [0.3, 0.4) is 0 Å². The summed E-state index contributed by atoms with van der Waals surface area (Å²) in [6.07, 6.45) is 0. The molecule has 2 atom stereocenters. The molecule has 1 rings (SSSR count). The first kappa shape index (κ1) is 13.6. The zero-order valence-electron chi connectivity index (χ0n) is 8.84. The van der Waals surface area contributed by atoms with E-state index in [1.165, 1.54) is 18.7 Å². The highest BCUT2D eigenvalue weighted by Gasteiger charge is 2.20. The molecule has 1 aromatic carbocycles. The van der Waals surface area contributed by atoms with Crippen LogP contribution < -0.4 is 4.90 Å². The van der Waals surface area contributed by atoms with Gasteiger partial charge in [-0.25, -0.2) is 0 Å². The average molecular weight is 352 g/mol. The summed E-state index contributed by atoms with van der Waals surface area (Å²) in [4.78, 5) is 12.8. The molecule has 16 heavy (non-hydrogen) atoms. The Hall–Kier alpha value is -0.470. The summed E-state index contributed by atoms with van der Waals surface area (Å²) < 4.78 is 22.7. The van der Waals surface area contributed by atoms with E-state index in [0.717, 1.165) is 3.57 Å². The highest BCUT2D eigenvalue weighted by atomic mass is 127. The van der Waals surface area contributed by atoms with Gasteiger partial charge in [0.05, 0.1) is 11.1 Å². The first-order chi connectivity index (χ1) is 7.45. The Morgan fingerprint density at radius 3 is 2.50 bits per heavy atom. The monoisotopic (exact) mass is 352 g/mol. The van der Waals surface area contributed by atoms with Gasteiger partial charge in [0.15, 0.2) is 0 Å². The van der Waals surface area contributed by atoms with Crippen LogP contribution in [-0.2, 0) is 15.9 Å². The van der Waals surface area contributed by atoms with Crippen LogP contribution in [0, 0.1) is 3.57 Å². The number of amides is 1. The van der Waals surface area contributed by atoms with Gasteiger partial charge >= 0.3 is 0 Å². The predicted octanol–water partition coefficient (Wildman–Crippen LogP) is 1.87. The highest BCUT2D eigenvalue weighted by molar-refractivity contribution is 14.1. The minimum absolute atomic E-state index is 0.291. The van der Waals surface area contributed by atoms with Gasteiger partial charge in [-0.3, -0.25) is 13.9 Å². The van der Waals surface area contributed by atoms with E-state index < -0.39 is 16.5 Å². The summed E-state index contributed by atoms with van der Waals surface area (Å²) in [6.45, 7) is 2.83. The Bertz CT molecular complexity index is 424. The van der Waals surface area contributed by atoms with Crippen molar-refractivity contribution in [2.75, 3.05) is 4.90 Å². The Labute approximate surface area is 110 Å². The Morgan fingerprint density at radius 2 is 2.06 bits per heavy atom. The van der Waals surface area contributed by atoms with Crippen LogP contribution in [0.5, 0.6) is 0 Å². The molecule has 1 amide bonds. The summed E-state index contributed by atoms with van der Waals surface area (Å²) in [7, 11) is 0. The summed E-state index contributed by atoms with van der Waals surface area (Å²) in [5.41, 5.74) is 0.618. The van der Waals surface area contributed by atoms with Crippen molar-refractivity contribution in [3.05, 3.63) is 27.8 Å². The molecule has 2 unspecified atom stereocenters. The van der Waals surface area contributed by atoms with E-state index >= 15 is 0 Å². The molecular weight excluding hydrogens is 341 g/mol. The molecule has 1 aromatic rings. The van der Waals surface area contributed by atoms with E-state index in [0.29, 0.717) is 5.69 Å². The molecule has 4 nitrogen and oxygen atoms in total. The maximum Gasteiger partial charge on any atom is 0.224 e. The van der Waals surface area contributed by atoms with Crippen LogP contribution in [0.1, 0.15) is 13.8 Å². The lowest BCUT2D eigenvalue weighted by atomic mass is 10.3. The molecule has 6 heteroatoms. The molecule has 88 valence electrons. The number of anilines is 1. The smallest absolute Gasteiger partial charge is 0.224 e. The van der Waals surface area contributed by atoms with Gasteiger partial charge in [0.1, 0.15) is 0 Å². The number of rotatable bonds is 3. The van der Waals surface area contributed by atoms with E-state index in [4.69, 9.17) is 0 Å². The van der Waals surface area contributed by atoms with Gasteiger partial charge in [-0.2, -0.15) is 0 Å². The highest BCUT2D eigenvalue weighted by Crippen LogP contribution is 2.24. The van der Waals surface area contributed by atoms with Crippen LogP contribution in [0.25, 0.3) is 0 Å². The zero-order valence-corrected chi connectivity index (χ0v) is 11.8. The number of hydrogen-bond donors (Lipinski definition) is 0. The average Bonchev–Trinajstić information content (AvgIpc) is 2.20. The van der Waals surface area contributed by atoms with Crippen molar-refractivity contribution in [3.8, 4) is 0 Å². The van der Waals surface area contributed by atoms with Gasteiger partial charge in [-0.05, 0) is 52.7 Å². The van der Waals surface area contributed by atoms with E-state index in [2.05, 4.69) is 22.6 Å². The third kappa shape index (κ3) is 3.02. The standard InChI is InChI=1S/C10H12INO3S/c1-7(13)12(8(2)16(14)15)10-6-4-3-5-9(10)11/h3-6,8H,1-2H3,(H,14,15)/p-1. The molecule has 0 aromatic heterocycles. The normalized spacial score (nSPS) is 14.2. The second-order valence-electron chi connectivity index (χ2n) is 3.20. The summed E-state index contributed by atoms with van der Waals surface area (Å²) in [5, 5.41) is -0.867. The third-order valence-electron chi connectivity index (χ3n) is 2.09. The molecule has 0 aliphatic rings.